The smallest absolute Gasteiger partial charge is 0.150 e. The van der Waals surface area contributed by atoms with Gasteiger partial charge in [-0.25, -0.2) is 8.42 Å². The van der Waals surface area contributed by atoms with Crippen LogP contribution in [0.3, 0.4) is 0 Å². The van der Waals surface area contributed by atoms with E-state index in [0.29, 0.717) is 17.4 Å². The zero-order valence-electron chi connectivity index (χ0n) is 11.0. The first-order chi connectivity index (χ1) is 9.00. The third-order valence-corrected chi connectivity index (χ3v) is 5.89. The van der Waals surface area contributed by atoms with Gasteiger partial charge in [0.25, 0.3) is 0 Å². The topological polar surface area (TPSA) is 59.1 Å². The molecule has 4 nitrogen and oxygen atoms in total. The molecule has 2 rings (SSSR count). The maximum absolute atomic E-state index is 11.6. The van der Waals surface area contributed by atoms with Gasteiger partial charge in [0.15, 0.2) is 9.84 Å². The first kappa shape index (κ1) is 14.9. The Balaban J connectivity index is 2.08. The zero-order valence-corrected chi connectivity index (χ0v) is 13.4. The van der Waals surface area contributed by atoms with E-state index in [0.717, 1.165) is 29.4 Å². The van der Waals surface area contributed by atoms with E-state index < -0.39 is 9.84 Å². The van der Waals surface area contributed by atoms with Gasteiger partial charge in [0.05, 0.1) is 11.5 Å². The fraction of sp³-hybridized carbons (Fsp3) is 0.615. The van der Waals surface area contributed by atoms with E-state index in [1.165, 1.54) is 0 Å². The lowest BCUT2D eigenvalue weighted by Crippen LogP contribution is -2.28. The van der Waals surface area contributed by atoms with Crippen LogP contribution >= 0.6 is 15.9 Å². The Morgan fingerprint density at radius 3 is 2.89 bits per heavy atom. The van der Waals surface area contributed by atoms with Crippen molar-refractivity contribution in [1.29, 1.82) is 0 Å². The SMILES string of the molecule is CNCC(Cc1cncc(Br)c1)C1CCS(=O)(=O)C1. The highest BCUT2D eigenvalue weighted by molar-refractivity contribution is 9.10. The van der Waals surface area contributed by atoms with E-state index in [-0.39, 0.29) is 5.92 Å². The molecule has 1 aromatic rings. The highest BCUT2D eigenvalue weighted by Crippen LogP contribution is 2.28. The maximum atomic E-state index is 11.6. The Labute approximate surface area is 123 Å². The van der Waals surface area contributed by atoms with Crippen LogP contribution in [0.5, 0.6) is 0 Å². The van der Waals surface area contributed by atoms with E-state index >= 15 is 0 Å². The van der Waals surface area contributed by atoms with Gasteiger partial charge in [0.1, 0.15) is 0 Å². The van der Waals surface area contributed by atoms with Gasteiger partial charge in [-0.3, -0.25) is 4.98 Å². The second-order valence-corrected chi connectivity index (χ2v) is 8.34. The Bertz CT molecular complexity index is 533. The number of sulfone groups is 1. The summed E-state index contributed by atoms with van der Waals surface area (Å²) in [5, 5.41) is 3.18. The van der Waals surface area contributed by atoms with Gasteiger partial charge in [-0.15, -0.1) is 0 Å². The van der Waals surface area contributed by atoms with E-state index in [1.54, 1.807) is 6.20 Å². The van der Waals surface area contributed by atoms with E-state index in [4.69, 9.17) is 0 Å². The number of aromatic nitrogens is 1. The van der Waals surface area contributed by atoms with Gasteiger partial charge in [0.2, 0.25) is 0 Å². The van der Waals surface area contributed by atoms with Crippen molar-refractivity contribution < 1.29 is 8.42 Å². The molecular formula is C13H19BrN2O2S. The van der Waals surface area contributed by atoms with Crippen LogP contribution in [0.4, 0.5) is 0 Å². The summed E-state index contributed by atoms with van der Waals surface area (Å²) < 4.78 is 24.2. The van der Waals surface area contributed by atoms with Gasteiger partial charge < -0.3 is 5.32 Å². The van der Waals surface area contributed by atoms with Gasteiger partial charge in [-0.2, -0.15) is 0 Å². The van der Waals surface area contributed by atoms with Gasteiger partial charge in [0, 0.05) is 16.9 Å². The summed E-state index contributed by atoms with van der Waals surface area (Å²) in [5.41, 5.74) is 1.15. The minimum absolute atomic E-state index is 0.261. The highest BCUT2D eigenvalue weighted by atomic mass is 79.9. The van der Waals surface area contributed by atoms with Crippen LogP contribution in [0.15, 0.2) is 22.9 Å². The summed E-state index contributed by atoms with van der Waals surface area (Å²) in [6.07, 6.45) is 5.27. The molecule has 6 heteroatoms. The third-order valence-electron chi connectivity index (χ3n) is 3.66. The second kappa shape index (κ2) is 6.33. The predicted octanol–water partition coefficient (Wildman–Crippen LogP) is 1.66. The predicted molar refractivity (Wildman–Crippen MR) is 79.8 cm³/mol. The minimum atomic E-state index is -2.81. The quantitative estimate of drug-likeness (QED) is 0.880. The molecular weight excluding hydrogens is 328 g/mol. The van der Waals surface area contributed by atoms with Crippen molar-refractivity contribution in [3.8, 4) is 0 Å². The van der Waals surface area contributed by atoms with Crippen LogP contribution in [-0.4, -0.2) is 38.5 Å². The number of hydrogen-bond donors (Lipinski definition) is 1. The lowest BCUT2D eigenvalue weighted by atomic mass is 9.86. The molecule has 2 heterocycles. The largest absolute Gasteiger partial charge is 0.319 e. The Morgan fingerprint density at radius 1 is 1.53 bits per heavy atom. The molecule has 1 N–H and O–H groups in total. The lowest BCUT2D eigenvalue weighted by Gasteiger charge is -2.22. The summed E-state index contributed by atoms with van der Waals surface area (Å²) >= 11 is 3.42. The molecule has 0 amide bonds. The fourth-order valence-electron chi connectivity index (χ4n) is 2.73. The number of halogens is 1. The number of pyridine rings is 1. The van der Waals surface area contributed by atoms with Crippen LogP contribution in [0.2, 0.25) is 0 Å². The number of nitrogens with zero attached hydrogens (tertiary/aromatic N) is 1. The number of nitrogens with one attached hydrogen (secondary N) is 1. The minimum Gasteiger partial charge on any atom is -0.319 e. The van der Waals surface area contributed by atoms with Crippen molar-refractivity contribution in [3.63, 3.8) is 0 Å². The fourth-order valence-corrected chi connectivity index (χ4v) is 5.07. The maximum Gasteiger partial charge on any atom is 0.150 e. The third kappa shape index (κ3) is 4.26. The zero-order chi connectivity index (χ0) is 13.9. The molecule has 1 aromatic heterocycles. The lowest BCUT2D eigenvalue weighted by molar-refractivity contribution is 0.351. The van der Waals surface area contributed by atoms with Crippen LogP contribution in [-0.2, 0) is 16.3 Å². The highest BCUT2D eigenvalue weighted by Gasteiger charge is 2.33. The summed E-state index contributed by atoms with van der Waals surface area (Å²) in [7, 11) is -0.900. The molecule has 1 aliphatic rings. The van der Waals surface area contributed by atoms with Crippen LogP contribution in [0.25, 0.3) is 0 Å². The van der Waals surface area contributed by atoms with Crippen molar-refractivity contribution in [2.45, 2.75) is 12.8 Å². The summed E-state index contributed by atoms with van der Waals surface area (Å²) in [4.78, 5) is 4.17. The Morgan fingerprint density at radius 2 is 2.32 bits per heavy atom. The Kier molecular flexibility index (Phi) is 4.97. The van der Waals surface area contributed by atoms with Gasteiger partial charge >= 0.3 is 0 Å². The molecule has 2 atom stereocenters. The summed E-state index contributed by atoms with van der Waals surface area (Å²) in [5.74, 6) is 1.28. The van der Waals surface area contributed by atoms with Crippen LogP contribution < -0.4 is 5.32 Å². The molecule has 0 radical (unpaired) electrons. The van der Waals surface area contributed by atoms with Crippen molar-refractivity contribution in [2.75, 3.05) is 25.1 Å². The van der Waals surface area contributed by atoms with Crippen LogP contribution in [0, 0.1) is 11.8 Å². The molecule has 106 valence electrons. The number of rotatable bonds is 5. The van der Waals surface area contributed by atoms with Crippen molar-refractivity contribution in [3.05, 3.63) is 28.5 Å². The summed E-state index contributed by atoms with van der Waals surface area (Å²) in [6, 6.07) is 2.05. The molecule has 2 unspecified atom stereocenters. The van der Waals surface area contributed by atoms with Gasteiger partial charge in [-0.1, -0.05) is 0 Å². The normalized spacial score (nSPS) is 23.4. The molecule has 0 saturated carbocycles. The molecule has 19 heavy (non-hydrogen) atoms. The molecule has 0 aliphatic carbocycles. The molecule has 0 aromatic carbocycles. The molecule has 0 bridgehead atoms. The van der Waals surface area contributed by atoms with E-state index in [9.17, 15) is 8.42 Å². The average molecular weight is 347 g/mol. The van der Waals surface area contributed by atoms with Gasteiger partial charge in [-0.05, 0) is 65.8 Å². The molecule has 1 aliphatic heterocycles. The second-order valence-electron chi connectivity index (χ2n) is 5.20. The molecule has 1 saturated heterocycles. The number of hydrogen-bond acceptors (Lipinski definition) is 4. The Hall–Kier alpha value is -0.460. The monoisotopic (exact) mass is 346 g/mol. The van der Waals surface area contributed by atoms with Crippen molar-refractivity contribution >= 4 is 25.8 Å². The molecule has 1 fully saturated rings. The van der Waals surface area contributed by atoms with Crippen molar-refractivity contribution in [2.24, 2.45) is 11.8 Å². The first-order valence-corrected chi connectivity index (χ1v) is 9.06. The standard InChI is InChI=1S/C13H19BrN2O2S/c1-15-7-12(11-2-3-19(17,18)9-11)4-10-5-13(14)8-16-6-10/h5-6,8,11-12,15H,2-4,7,9H2,1H3. The first-order valence-electron chi connectivity index (χ1n) is 6.44. The van der Waals surface area contributed by atoms with E-state index in [2.05, 4.69) is 32.3 Å². The van der Waals surface area contributed by atoms with Crippen LogP contribution in [0.1, 0.15) is 12.0 Å². The summed E-state index contributed by atoms with van der Waals surface area (Å²) in [6.45, 7) is 0.840. The molecule has 0 spiro atoms. The average Bonchev–Trinajstić information content (AvgIpc) is 2.69. The van der Waals surface area contributed by atoms with Crippen molar-refractivity contribution in [1.82, 2.24) is 10.3 Å². The van der Waals surface area contributed by atoms with E-state index in [1.807, 2.05) is 13.2 Å².